The van der Waals surface area contributed by atoms with Crippen molar-refractivity contribution in [2.45, 2.75) is 18.7 Å². The quantitative estimate of drug-likeness (QED) is 0.781. The molecule has 0 saturated heterocycles. The predicted molar refractivity (Wildman–Crippen MR) is 62.4 cm³/mol. The Kier molecular flexibility index (Phi) is 4.39. The second-order valence-electron chi connectivity index (χ2n) is 4.38. The van der Waals surface area contributed by atoms with Crippen LogP contribution in [0.3, 0.4) is 0 Å². The molecular weight excluding hydrogens is 261 g/mol. The monoisotopic (exact) mass is 274 g/mol. The first kappa shape index (κ1) is 15.3. The molecule has 0 heterocycles. The van der Waals surface area contributed by atoms with E-state index in [1.807, 2.05) is 0 Å². The Bertz CT molecular complexity index is 493. The van der Waals surface area contributed by atoms with E-state index in [0.717, 1.165) is 18.2 Å². The molecule has 0 spiro atoms. The molecule has 1 rings (SSSR count). The molecule has 1 aromatic rings. The molecule has 1 aromatic carbocycles. The van der Waals surface area contributed by atoms with Crippen LogP contribution in [0.5, 0.6) is 0 Å². The van der Waals surface area contributed by atoms with E-state index < -0.39 is 29.5 Å². The van der Waals surface area contributed by atoms with E-state index in [1.165, 1.54) is 13.0 Å². The van der Waals surface area contributed by atoms with Gasteiger partial charge in [-0.2, -0.15) is 18.4 Å². The standard InChI is InChI=1S/C12H13F3N2O2/c1-11(19,7-18)6-17-9-2-3-10(12(13,14)15)8(4-9)5-16/h2-4,17-19H,6-7H2,1H3. The van der Waals surface area contributed by atoms with Gasteiger partial charge in [0.1, 0.15) is 5.60 Å². The maximum absolute atomic E-state index is 12.6. The lowest BCUT2D eigenvalue weighted by atomic mass is 10.1. The van der Waals surface area contributed by atoms with Crippen LogP contribution in [0.2, 0.25) is 0 Å². The fourth-order valence-electron chi connectivity index (χ4n) is 1.34. The lowest BCUT2D eigenvalue weighted by Gasteiger charge is -2.21. The zero-order chi connectivity index (χ0) is 14.7. The molecule has 0 radical (unpaired) electrons. The molecule has 19 heavy (non-hydrogen) atoms. The van der Waals surface area contributed by atoms with Crippen LogP contribution >= 0.6 is 0 Å². The number of rotatable bonds is 4. The molecule has 104 valence electrons. The number of aliphatic hydroxyl groups excluding tert-OH is 1. The van der Waals surface area contributed by atoms with Gasteiger partial charge >= 0.3 is 6.18 Å². The van der Waals surface area contributed by atoms with E-state index in [2.05, 4.69) is 5.32 Å². The second kappa shape index (κ2) is 5.47. The molecule has 3 N–H and O–H groups in total. The number of benzene rings is 1. The van der Waals surface area contributed by atoms with Crippen molar-refractivity contribution in [3.8, 4) is 6.07 Å². The molecular formula is C12H13F3N2O2. The lowest BCUT2D eigenvalue weighted by molar-refractivity contribution is -0.137. The highest BCUT2D eigenvalue weighted by Crippen LogP contribution is 2.33. The van der Waals surface area contributed by atoms with Gasteiger partial charge in [-0.1, -0.05) is 0 Å². The molecule has 1 unspecified atom stereocenters. The third kappa shape index (κ3) is 4.12. The van der Waals surface area contributed by atoms with Crippen molar-refractivity contribution >= 4 is 5.69 Å². The van der Waals surface area contributed by atoms with Gasteiger partial charge in [0.25, 0.3) is 0 Å². The molecule has 0 saturated carbocycles. The van der Waals surface area contributed by atoms with Crippen LogP contribution < -0.4 is 5.32 Å². The van der Waals surface area contributed by atoms with Crippen molar-refractivity contribution in [2.75, 3.05) is 18.5 Å². The summed E-state index contributed by atoms with van der Waals surface area (Å²) in [6.45, 7) is 0.820. The van der Waals surface area contributed by atoms with Gasteiger partial charge in [0.15, 0.2) is 0 Å². The summed E-state index contributed by atoms with van der Waals surface area (Å²) in [5, 5.41) is 29.7. The number of halogens is 3. The molecule has 7 heteroatoms. The summed E-state index contributed by atoms with van der Waals surface area (Å²) in [6, 6.07) is 4.50. The molecule has 0 bridgehead atoms. The van der Waals surface area contributed by atoms with Crippen LogP contribution in [0.4, 0.5) is 18.9 Å². The van der Waals surface area contributed by atoms with Crippen LogP contribution in [-0.2, 0) is 6.18 Å². The first-order valence-electron chi connectivity index (χ1n) is 5.38. The third-order valence-electron chi connectivity index (χ3n) is 2.46. The van der Waals surface area contributed by atoms with Gasteiger partial charge in [-0.05, 0) is 25.1 Å². The zero-order valence-electron chi connectivity index (χ0n) is 10.1. The first-order chi connectivity index (χ1) is 8.69. The normalized spacial score (nSPS) is 14.6. The fraction of sp³-hybridized carbons (Fsp3) is 0.417. The van der Waals surface area contributed by atoms with Gasteiger partial charge in [0.05, 0.1) is 23.8 Å². The van der Waals surface area contributed by atoms with Crippen LogP contribution in [-0.4, -0.2) is 29.0 Å². The molecule has 0 aliphatic carbocycles. The van der Waals surface area contributed by atoms with E-state index >= 15 is 0 Å². The maximum atomic E-state index is 12.6. The molecule has 0 aliphatic rings. The average molecular weight is 274 g/mol. The summed E-state index contributed by atoms with van der Waals surface area (Å²) in [6.07, 6.45) is -4.58. The summed E-state index contributed by atoms with van der Waals surface area (Å²) in [5.74, 6) is 0. The van der Waals surface area contributed by atoms with Crippen molar-refractivity contribution in [1.82, 2.24) is 0 Å². The van der Waals surface area contributed by atoms with Crippen molar-refractivity contribution in [1.29, 1.82) is 5.26 Å². The molecule has 0 amide bonds. The smallest absolute Gasteiger partial charge is 0.393 e. The lowest BCUT2D eigenvalue weighted by Crippen LogP contribution is -2.37. The third-order valence-corrected chi connectivity index (χ3v) is 2.46. The van der Waals surface area contributed by atoms with Crippen LogP contribution in [0, 0.1) is 11.3 Å². The van der Waals surface area contributed by atoms with E-state index in [9.17, 15) is 18.3 Å². The van der Waals surface area contributed by atoms with Gasteiger partial charge in [0, 0.05) is 12.2 Å². The van der Waals surface area contributed by atoms with Crippen molar-refractivity contribution in [3.05, 3.63) is 29.3 Å². The Morgan fingerprint density at radius 2 is 2.00 bits per heavy atom. The summed E-state index contributed by atoms with van der Waals surface area (Å²) in [4.78, 5) is 0. The SMILES string of the molecule is CC(O)(CO)CNc1ccc(C(F)(F)F)c(C#N)c1. The largest absolute Gasteiger partial charge is 0.417 e. The highest BCUT2D eigenvalue weighted by atomic mass is 19.4. The predicted octanol–water partition coefficient (Wildman–Crippen LogP) is 1.73. The first-order valence-corrected chi connectivity index (χ1v) is 5.38. The zero-order valence-corrected chi connectivity index (χ0v) is 10.1. The Morgan fingerprint density at radius 3 is 2.47 bits per heavy atom. The van der Waals surface area contributed by atoms with Gasteiger partial charge in [-0.15, -0.1) is 0 Å². The summed E-state index contributed by atoms with van der Waals surface area (Å²) < 4.78 is 37.7. The van der Waals surface area contributed by atoms with Gasteiger partial charge in [-0.3, -0.25) is 0 Å². The van der Waals surface area contributed by atoms with Crippen molar-refractivity contribution in [2.24, 2.45) is 0 Å². The van der Waals surface area contributed by atoms with Crippen molar-refractivity contribution < 1.29 is 23.4 Å². The topological polar surface area (TPSA) is 76.3 Å². The Hall–Kier alpha value is -1.78. The molecule has 1 atom stereocenters. The number of nitrogens with one attached hydrogen (secondary N) is 1. The maximum Gasteiger partial charge on any atom is 0.417 e. The van der Waals surface area contributed by atoms with Gasteiger partial charge in [-0.25, -0.2) is 0 Å². The van der Waals surface area contributed by atoms with Crippen LogP contribution in [0.15, 0.2) is 18.2 Å². The van der Waals surface area contributed by atoms with Gasteiger partial charge in [0.2, 0.25) is 0 Å². The van der Waals surface area contributed by atoms with Crippen LogP contribution in [0.1, 0.15) is 18.1 Å². The summed E-state index contributed by atoms with van der Waals surface area (Å²) in [7, 11) is 0. The second-order valence-corrected chi connectivity index (χ2v) is 4.38. The minimum absolute atomic E-state index is 0.0558. The van der Waals surface area contributed by atoms with E-state index in [4.69, 9.17) is 10.4 Å². The van der Waals surface area contributed by atoms with E-state index in [-0.39, 0.29) is 12.2 Å². The number of anilines is 1. The Morgan fingerprint density at radius 1 is 1.37 bits per heavy atom. The minimum Gasteiger partial charge on any atom is -0.393 e. The number of hydrogen-bond donors (Lipinski definition) is 3. The number of aliphatic hydroxyl groups is 2. The average Bonchev–Trinajstić information content (AvgIpc) is 2.35. The van der Waals surface area contributed by atoms with Gasteiger partial charge < -0.3 is 15.5 Å². The summed E-state index contributed by atoms with van der Waals surface area (Å²) in [5.41, 5.74) is -2.64. The fourth-order valence-corrected chi connectivity index (χ4v) is 1.34. The minimum atomic E-state index is -4.58. The number of nitriles is 1. The Balaban J connectivity index is 2.93. The van der Waals surface area contributed by atoms with E-state index in [1.54, 1.807) is 0 Å². The van der Waals surface area contributed by atoms with Crippen LogP contribution in [0.25, 0.3) is 0 Å². The Labute approximate surface area is 108 Å². The number of hydrogen-bond acceptors (Lipinski definition) is 4. The molecule has 0 aliphatic heterocycles. The molecule has 0 aromatic heterocycles. The highest BCUT2D eigenvalue weighted by molar-refractivity contribution is 5.53. The number of nitrogens with zero attached hydrogens (tertiary/aromatic N) is 1. The summed E-state index contributed by atoms with van der Waals surface area (Å²) >= 11 is 0. The number of alkyl halides is 3. The van der Waals surface area contributed by atoms with Crippen molar-refractivity contribution in [3.63, 3.8) is 0 Å². The molecule has 0 fully saturated rings. The molecule has 4 nitrogen and oxygen atoms in total. The highest BCUT2D eigenvalue weighted by Gasteiger charge is 2.33. The van der Waals surface area contributed by atoms with E-state index in [0.29, 0.717) is 0 Å².